The second kappa shape index (κ2) is 4.88. The van der Waals surface area contributed by atoms with E-state index in [9.17, 15) is 5.11 Å². The van der Waals surface area contributed by atoms with Gasteiger partial charge in [-0.3, -0.25) is 4.68 Å². The Hall–Kier alpha value is -0.190. The van der Waals surface area contributed by atoms with Crippen LogP contribution in [0.1, 0.15) is 18.2 Å². The molecule has 0 aliphatic rings. The van der Waals surface area contributed by atoms with Crippen molar-refractivity contribution < 1.29 is 5.11 Å². The van der Waals surface area contributed by atoms with Gasteiger partial charge in [-0.05, 0) is 18.4 Å². The van der Waals surface area contributed by atoms with Crippen molar-refractivity contribution in [3.05, 3.63) is 16.9 Å². The van der Waals surface area contributed by atoms with Crippen molar-refractivity contribution in [1.29, 1.82) is 0 Å². The third-order valence-electron chi connectivity index (χ3n) is 1.85. The molecule has 1 N–H and O–H groups in total. The standard InChI is InChI=1S/C8H13ClN2OS/c1-11-8(6(9)5-10-11)7(12)3-4-13-2/h5,7,12H,3-4H2,1-2H3. The molecule has 1 aromatic rings. The van der Waals surface area contributed by atoms with Gasteiger partial charge in [0.2, 0.25) is 0 Å². The Morgan fingerprint density at radius 2 is 2.46 bits per heavy atom. The largest absolute Gasteiger partial charge is 0.387 e. The lowest BCUT2D eigenvalue weighted by Crippen LogP contribution is -2.06. The Morgan fingerprint density at radius 1 is 1.77 bits per heavy atom. The van der Waals surface area contributed by atoms with Crippen LogP contribution in [-0.4, -0.2) is 26.9 Å². The van der Waals surface area contributed by atoms with Gasteiger partial charge in [0.25, 0.3) is 0 Å². The fourth-order valence-corrected chi connectivity index (χ4v) is 1.91. The first kappa shape index (κ1) is 10.9. The fourth-order valence-electron chi connectivity index (χ4n) is 1.16. The molecule has 74 valence electrons. The average molecular weight is 221 g/mol. The van der Waals surface area contributed by atoms with E-state index in [1.54, 1.807) is 29.7 Å². The maximum atomic E-state index is 9.74. The van der Waals surface area contributed by atoms with Gasteiger partial charge in [-0.2, -0.15) is 16.9 Å². The van der Waals surface area contributed by atoms with Crippen LogP contribution in [0.15, 0.2) is 6.20 Å². The summed E-state index contributed by atoms with van der Waals surface area (Å²) in [6, 6.07) is 0. The number of aliphatic hydroxyl groups is 1. The molecule has 0 spiro atoms. The van der Waals surface area contributed by atoms with Crippen LogP contribution < -0.4 is 0 Å². The predicted octanol–water partition coefficient (Wildman–Crippen LogP) is 1.86. The molecule has 13 heavy (non-hydrogen) atoms. The number of thioether (sulfide) groups is 1. The highest BCUT2D eigenvalue weighted by Crippen LogP contribution is 2.24. The van der Waals surface area contributed by atoms with Crippen LogP contribution in [0, 0.1) is 0 Å². The van der Waals surface area contributed by atoms with Gasteiger partial charge >= 0.3 is 0 Å². The lowest BCUT2D eigenvalue weighted by Gasteiger charge is -2.10. The summed E-state index contributed by atoms with van der Waals surface area (Å²) in [5.74, 6) is 0.919. The van der Waals surface area contributed by atoms with E-state index in [-0.39, 0.29) is 0 Å². The van der Waals surface area contributed by atoms with Crippen LogP contribution in [0.25, 0.3) is 0 Å². The molecule has 0 fully saturated rings. The molecule has 0 aromatic carbocycles. The highest BCUT2D eigenvalue weighted by atomic mass is 35.5. The summed E-state index contributed by atoms with van der Waals surface area (Å²) >= 11 is 7.57. The van der Waals surface area contributed by atoms with E-state index in [1.165, 1.54) is 0 Å². The summed E-state index contributed by atoms with van der Waals surface area (Å²) in [7, 11) is 1.78. The van der Waals surface area contributed by atoms with Crippen LogP contribution in [0.3, 0.4) is 0 Å². The van der Waals surface area contributed by atoms with Crippen molar-refractivity contribution in [3.63, 3.8) is 0 Å². The van der Waals surface area contributed by atoms with Crippen molar-refractivity contribution in [2.75, 3.05) is 12.0 Å². The van der Waals surface area contributed by atoms with Gasteiger partial charge in [0.05, 0.1) is 23.0 Å². The normalized spacial score (nSPS) is 13.2. The first-order chi connectivity index (χ1) is 6.16. The summed E-state index contributed by atoms with van der Waals surface area (Å²) in [5.41, 5.74) is 0.704. The van der Waals surface area contributed by atoms with Crippen molar-refractivity contribution in [2.24, 2.45) is 7.05 Å². The zero-order chi connectivity index (χ0) is 9.84. The van der Waals surface area contributed by atoms with Gasteiger partial charge in [0.15, 0.2) is 0 Å². The van der Waals surface area contributed by atoms with Gasteiger partial charge in [-0.15, -0.1) is 0 Å². The number of nitrogens with zero attached hydrogens (tertiary/aromatic N) is 2. The quantitative estimate of drug-likeness (QED) is 0.842. The topological polar surface area (TPSA) is 38.1 Å². The van der Waals surface area contributed by atoms with E-state index in [4.69, 9.17) is 11.6 Å². The molecule has 1 unspecified atom stereocenters. The highest BCUT2D eigenvalue weighted by Gasteiger charge is 2.15. The van der Waals surface area contributed by atoms with E-state index >= 15 is 0 Å². The van der Waals surface area contributed by atoms with Crippen LogP contribution in [-0.2, 0) is 7.05 Å². The summed E-state index contributed by atoms with van der Waals surface area (Å²) in [6.45, 7) is 0. The minimum Gasteiger partial charge on any atom is -0.387 e. The van der Waals surface area contributed by atoms with E-state index in [0.29, 0.717) is 17.1 Å². The van der Waals surface area contributed by atoms with Gasteiger partial charge in [0.1, 0.15) is 0 Å². The summed E-state index contributed by atoms with van der Waals surface area (Å²) in [6.07, 6.45) is 3.77. The predicted molar refractivity (Wildman–Crippen MR) is 56.2 cm³/mol. The van der Waals surface area contributed by atoms with E-state index in [1.807, 2.05) is 6.26 Å². The first-order valence-electron chi connectivity index (χ1n) is 4.01. The number of hydrogen-bond acceptors (Lipinski definition) is 3. The number of aryl methyl sites for hydroxylation is 1. The lowest BCUT2D eigenvalue weighted by molar-refractivity contribution is 0.165. The zero-order valence-electron chi connectivity index (χ0n) is 7.70. The third kappa shape index (κ3) is 2.62. The molecule has 0 saturated carbocycles. The Balaban J connectivity index is 2.69. The first-order valence-corrected chi connectivity index (χ1v) is 5.78. The van der Waals surface area contributed by atoms with Gasteiger partial charge in [0, 0.05) is 7.05 Å². The Bertz CT molecular complexity index is 258. The van der Waals surface area contributed by atoms with Crippen LogP contribution in [0.2, 0.25) is 5.02 Å². The molecule has 0 saturated heterocycles. The Morgan fingerprint density at radius 3 is 2.92 bits per heavy atom. The van der Waals surface area contributed by atoms with E-state index < -0.39 is 6.10 Å². The molecule has 0 radical (unpaired) electrons. The fraction of sp³-hybridized carbons (Fsp3) is 0.625. The molecular formula is C8H13ClN2OS. The number of rotatable bonds is 4. The summed E-state index contributed by atoms with van der Waals surface area (Å²) < 4.78 is 1.62. The Kier molecular flexibility index (Phi) is 4.09. The smallest absolute Gasteiger partial charge is 0.0979 e. The lowest BCUT2D eigenvalue weighted by atomic mass is 10.2. The molecule has 3 nitrogen and oxygen atoms in total. The molecule has 1 rings (SSSR count). The van der Waals surface area contributed by atoms with Crippen LogP contribution >= 0.6 is 23.4 Å². The van der Waals surface area contributed by atoms with Crippen molar-refractivity contribution in [3.8, 4) is 0 Å². The van der Waals surface area contributed by atoms with Crippen LogP contribution in [0.5, 0.6) is 0 Å². The molecule has 1 atom stereocenters. The average Bonchev–Trinajstić information content (AvgIpc) is 2.42. The molecule has 5 heteroatoms. The molecular weight excluding hydrogens is 208 g/mol. The second-order valence-electron chi connectivity index (χ2n) is 2.80. The minimum absolute atomic E-state index is 0.507. The van der Waals surface area contributed by atoms with Gasteiger partial charge < -0.3 is 5.11 Å². The molecule has 0 bridgehead atoms. The van der Waals surface area contributed by atoms with Gasteiger partial charge in [-0.1, -0.05) is 11.6 Å². The molecule has 0 amide bonds. The van der Waals surface area contributed by atoms with Gasteiger partial charge in [-0.25, -0.2) is 0 Å². The number of hydrogen-bond donors (Lipinski definition) is 1. The molecule has 0 aliphatic heterocycles. The van der Waals surface area contributed by atoms with Crippen molar-refractivity contribution >= 4 is 23.4 Å². The maximum Gasteiger partial charge on any atom is 0.0979 e. The summed E-state index contributed by atoms with van der Waals surface area (Å²) in [4.78, 5) is 0. The molecule has 1 heterocycles. The SMILES string of the molecule is CSCCC(O)c1c(Cl)cnn1C. The van der Waals surface area contributed by atoms with Crippen molar-refractivity contribution in [1.82, 2.24) is 9.78 Å². The molecule has 1 aromatic heterocycles. The van der Waals surface area contributed by atoms with E-state index in [2.05, 4.69) is 5.10 Å². The molecule has 0 aliphatic carbocycles. The Labute approximate surface area is 87.1 Å². The monoisotopic (exact) mass is 220 g/mol. The van der Waals surface area contributed by atoms with Crippen LogP contribution in [0.4, 0.5) is 0 Å². The second-order valence-corrected chi connectivity index (χ2v) is 4.19. The van der Waals surface area contributed by atoms with E-state index in [0.717, 1.165) is 5.75 Å². The highest BCUT2D eigenvalue weighted by molar-refractivity contribution is 7.98. The maximum absolute atomic E-state index is 9.74. The zero-order valence-corrected chi connectivity index (χ0v) is 9.27. The summed E-state index contributed by atoms with van der Waals surface area (Å²) in [5, 5.41) is 14.2. The third-order valence-corrected chi connectivity index (χ3v) is 2.78. The number of aliphatic hydroxyl groups excluding tert-OH is 1. The number of aromatic nitrogens is 2. The van der Waals surface area contributed by atoms with Crippen molar-refractivity contribution in [2.45, 2.75) is 12.5 Å². The number of halogens is 1. The minimum atomic E-state index is -0.507.